The summed E-state index contributed by atoms with van der Waals surface area (Å²) in [6.07, 6.45) is 0.388. The van der Waals surface area contributed by atoms with Crippen LogP contribution in [0.25, 0.3) is 0 Å². The summed E-state index contributed by atoms with van der Waals surface area (Å²) < 4.78 is 10.7. The molecule has 0 spiro atoms. The van der Waals surface area contributed by atoms with E-state index in [0.717, 1.165) is 29.4 Å². The molecule has 2 aliphatic heterocycles. The number of hydrogen-bond acceptors (Lipinski definition) is 4. The first-order valence-corrected chi connectivity index (χ1v) is 9.12. The maximum absolute atomic E-state index is 12.8. The lowest BCUT2D eigenvalue weighted by Gasteiger charge is -2.24. The molecule has 0 radical (unpaired) electrons. The monoisotopic (exact) mass is 341 g/mol. The molecule has 2 heterocycles. The number of fused-ring (bicyclic) bond motifs is 1. The highest BCUT2D eigenvalue weighted by molar-refractivity contribution is 7.99. The molecule has 2 aliphatic rings. The normalized spacial score (nSPS) is 18.9. The van der Waals surface area contributed by atoms with Gasteiger partial charge in [0.2, 0.25) is 12.7 Å². The summed E-state index contributed by atoms with van der Waals surface area (Å²) in [6.45, 7) is 3.13. The summed E-state index contributed by atoms with van der Waals surface area (Å²) in [5.41, 5.74) is 3.39. The lowest BCUT2D eigenvalue weighted by Crippen LogP contribution is -2.31. The van der Waals surface area contributed by atoms with Crippen LogP contribution in [0.3, 0.4) is 0 Å². The van der Waals surface area contributed by atoms with Crippen LogP contribution in [0.5, 0.6) is 11.5 Å². The maximum atomic E-state index is 12.8. The highest BCUT2D eigenvalue weighted by Gasteiger charge is 2.30. The van der Waals surface area contributed by atoms with Crippen molar-refractivity contribution in [3.63, 3.8) is 0 Å². The van der Waals surface area contributed by atoms with Gasteiger partial charge in [0.15, 0.2) is 11.5 Å². The van der Waals surface area contributed by atoms with E-state index in [0.29, 0.717) is 6.42 Å². The van der Waals surface area contributed by atoms with E-state index in [1.165, 1.54) is 11.1 Å². The number of carbonyl (C=O) groups excluding carboxylic acids is 1. The van der Waals surface area contributed by atoms with Gasteiger partial charge in [0.1, 0.15) is 5.37 Å². The molecule has 4 rings (SSSR count). The minimum absolute atomic E-state index is 0.118. The van der Waals surface area contributed by atoms with Crippen LogP contribution in [0, 0.1) is 6.92 Å². The number of benzene rings is 2. The van der Waals surface area contributed by atoms with Gasteiger partial charge in [-0.05, 0) is 30.2 Å². The molecule has 1 amide bonds. The van der Waals surface area contributed by atoms with Crippen LogP contribution in [0.15, 0.2) is 42.5 Å². The molecular formula is C19H19NO3S. The van der Waals surface area contributed by atoms with Gasteiger partial charge in [-0.3, -0.25) is 4.79 Å². The smallest absolute Gasteiger partial charge is 0.231 e. The lowest BCUT2D eigenvalue weighted by molar-refractivity contribution is -0.130. The van der Waals surface area contributed by atoms with E-state index in [1.807, 2.05) is 34.9 Å². The predicted octanol–water partition coefficient (Wildman–Crippen LogP) is 3.54. The molecule has 2 aromatic rings. The van der Waals surface area contributed by atoms with Crippen LogP contribution in [-0.2, 0) is 11.2 Å². The van der Waals surface area contributed by atoms with E-state index < -0.39 is 0 Å². The van der Waals surface area contributed by atoms with E-state index in [4.69, 9.17) is 9.47 Å². The van der Waals surface area contributed by atoms with Gasteiger partial charge < -0.3 is 14.4 Å². The van der Waals surface area contributed by atoms with E-state index in [9.17, 15) is 4.79 Å². The predicted molar refractivity (Wildman–Crippen MR) is 94.4 cm³/mol. The van der Waals surface area contributed by atoms with Crippen molar-refractivity contribution in [3.8, 4) is 11.5 Å². The van der Waals surface area contributed by atoms with Crippen LogP contribution in [0.1, 0.15) is 22.1 Å². The highest BCUT2D eigenvalue weighted by Crippen LogP contribution is 2.38. The van der Waals surface area contributed by atoms with Gasteiger partial charge in [-0.15, -0.1) is 11.8 Å². The summed E-state index contributed by atoms with van der Waals surface area (Å²) in [7, 11) is 0. The number of thioether (sulfide) groups is 1. The number of amides is 1. The Morgan fingerprint density at radius 1 is 1.17 bits per heavy atom. The molecule has 1 atom stereocenters. The average molecular weight is 341 g/mol. The second-order valence-electron chi connectivity index (χ2n) is 6.09. The fraction of sp³-hybridized carbons (Fsp3) is 0.316. The molecular weight excluding hydrogens is 322 g/mol. The van der Waals surface area contributed by atoms with Gasteiger partial charge in [0.25, 0.3) is 0 Å². The fourth-order valence-corrected chi connectivity index (χ4v) is 4.34. The molecule has 0 saturated carbocycles. The third-order valence-corrected chi connectivity index (χ3v) is 5.63. The number of carbonyl (C=O) groups is 1. The Hall–Kier alpha value is -2.14. The Labute approximate surface area is 145 Å². The standard InChI is InChI=1S/C19H19NO3S/c1-13-2-5-15(6-3-13)19-20(8-9-24-19)18(21)11-14-4-7-16-17(10-14)23-12-22-16/h2-7,10,19H,8-9,11-12H2,1H3. The van der Waals surface area contributed by atoms with Crippen molar-refractivity contribution < 1.29 is 14.3 Å². The molecule has 1 fully saturated rings. The zero-order chi connectivity index (χ0) is 16.5. The quantitative estimate of drug-likeness (QED) is 0.856. The summed E-state index contributed by atoms with van der Waals surface area (Å²) in [5.74, 6) is 2.61. The summed E-state index contributed by atoms with van der Waals surface area (Å²) in [5, 5.41) is 0.118. The number of hydrogen-bond donors (Lipinski definition) is 0. The second-order valence-corrected chi connectivity index (χ2v) is 7.27. The molecule has 2 aromatic carbocycles. The molecule has 0 N–H and O–H groups in total. The topological polar surface area (TPSA) is 38.8 Å². The fourth-order valence-electron chi connectivity index (χ4n) is 3.06. The third kappa shape index (κ3) is 2.96. The number of ether oxygens (including phenoxy) is 2. The highest BCUT2D eigenvalue weighted by atomic mass is 32.2. The average Bonchev–Trinajstić information content (AvgIpc) is 3.24. The minimum atomic E-state index is 0.118. The van der Waals surface area contributed by atoms with Gasteiger partial charge in [0.05, 0.1) is 6.42 Å². The van der Waals surface area contributed by atoms with Crippen molar-refractivity contribution >= 4 is 17.7 Å². The van der Waals surface area contributed by atoms with Crippen molar-refractivity contribution in [3.05, 3.63) is 59.2 Å². The van der Waals surface area contributed by atoms with Crippen molar-refractivity contribution in [1.29, 1.82) is 0 Å². The molecule has 1 saturated heterocycles. The van der Waals surface area contributed by atoms with Crippen molar-refractivity contribution in [2.45, 2.75) is 18.7 Å². The number of rotatable bonds is 3. The van der Waals surface area contributed by atoms with Gasteiger partial charge in [-0.25, -0.2) is 0 Å². The van der Waals surface area contributed by atoms with E-state index in [2.05, 4.69) is 31.2 Å². The zero-order valence-electron chi connectivity index (χ0n) is 13.5. The Kier molecular flexibility index (Phi) is 4.10. The molecule has 24 heavy (non-hydrogen) atoms. The Balaban J connectivity index is 1.50. The van der Waals surface area contributed by atoms with Crippen molar-refractivity contribution in [1.82, 2.24) is 4.90 Å². The lowest BCUT2D eigenvalue weighted by atomic mass is 10.1. The first kappa shape index (κ1) is 15.4. The van der Waals surface area contributed by atoms with E-state index in [1.54, 1.807) is 0 Å². The molecule has 1 unspecified atom stereocenters. The first-order chi connectivity index (χ1) is 11.7. The number of aryl methyl sites for hydroxylation is 1. The largest absolute Gasteiger partial charge is 0.454 e. The molecule has 0 aliphatic carbocycles. The second kappa shape index (κ2) is 6.40. The summed E-state index contributed by atoms with van der Waals surface area (Å²) in [4.78, 5) is 14.8. The van der Waals surface area contributed by atoms with Crippen LogP contribution >= 0.6 is 11.8 Å². The maximum Gasteiger partial charge on any atom is 0.231 e. The van der Waals surface area contributed by atoms with Gasteiger partial charge in [-0.1, -0.05) is 35.9 Å². The van der Waals surface area contributed by atoms with Crippen LogP contribution < -0.4 is 9.47 Å². The summed E-state index contributed by atoms with van der Waals surface area (Å²) in [6, 6.07) is 14.2. The zero-order valence-corrected chi connectivity index (χ0v) is 14.3. The molecule has 0 aromatic heterocycles. The van der Waals surface area contributed by atoms with Crippen LogP contribution in [0.4, 0.5) is 0 Å². The SMILES string of the molecule is Cc1ccc(C2SCCN2C(=O)Cc2ccc3c(c2)OCO3)cc1. The van der Waals surface area contributed by atoms with E-state index in [-0.39, 0.29) is 18.1 Å². The molecule has 0 bridgehead atoms. The third-order valence-electron chi connectivity index (χ3n) is 4.37. The van der Waals surface area contributed by atoms with Crippen LogP contribution in [0.2, 0.25) is 0 Å². The Morgan fingerprint density at radius 2 is 1.96 bits per heavy atom. The minimum Gasteiger partial charge on any atom is -0.454 e. The van der Waals surface area contributed by atoms with Crippen molar-refractivity contribution in [2.75, 3.05) is 19.1 Å². The van der Waals surface area contributed by atoms with Crippen LogP contribution in [-0.4, -0.2) is 29.9 Å². The molecule has 124 valence electrons. The van der Waals surface area contributed by atoms with Gasteiger partial charge >= 0.3 is 0 Å². The number of nitrogens with zero attached hydrogens (tertiary/aromatic N) is 1. The molecule has 5 heteroatoms. The molecule has 4 nitrogen and oxygen atoms in total. The van der Waals surface area contributed by atoms with E-state index >= 15 is 0 Å². The van der Waals surface area contributed by atoms with Gasteiger partial charge in [0, 0.05) is 12.3 Å². The Bertz CT molecular complexity index is 760. The first-order valence-electron chi connectivity index (χ1n) is 8.07. The summed E-state index contributed by atoms with van der Waals surface area (Å²) >= 11 is 1.83. The van der Waals surface area contributed by atoms with Crippen molar-refractivity contribution in [2.24, 2.45) is 0 Å². The Morgan fingerprint density at radius 3 is 2.79 bits per heavy atom. The van der Waals surface area contributed by atoms with Gasteiger partial charge in [-0.2, -0.15) is 0 Å².